The molecule has 3 heterocycles. The first-order chi connectivity index (χ1) is 10.2. The van der Waals surface area contributed by atoms with Gasteiger partial charge in [-0.3, -0.25) is 4.79 Å². The van der Waals surface area contributed by atoms with Crippen LogP contribution in [0.4, 0.5) is 5.82 Å². The molecule has 2 aliphatic rings. The van der Waals surface area contributed by atoms with Gasteiger partial charge in [0.25, 0.3) is 0 Å². The van der Waals surface area contributed by atoms with E-state index in [2.05, 4.69) is 40.4 Å². The SMILES string of the molecule is CCNCc1cnc(N2CCCC3C(=O)NCC32)c(C)c1. The number of hydrogen-bond donors (Lipinski definition) is 2. The Morgan fingerprint density at radius 3 is 3.14 bits per heavy atom. The van der Waals surface area contributed by atoms with Crippen molar-refractivity contribution >= 4 is 11.7 Å². The molecule has 0 radical (unpaired) electrons. The molecular formula is C16H24N4O. The van der Waals surface area contributed by atoms with Gasteiger partial charge in [0.2, 0.25) is 5.91 Å². The smallest absolute Gasteiger partial charge is 0.225 e. The molecule has 1 amide bonds. The molecule has 1 aromatic heterocycles. The molecule has 0 aromatic carbocycles. The minimum atomic E-state index is 0.140. The average molecular weight is 288 g/mol. The molecule has 2 unspecified atom stereocenters. The van der Waals surface area contributed by atoms with Gasteiger partial charge in [0.05, 0.1) is 12.0 Å². The van der Waals surface area contributed by atoms with Crippen LogP contribution in [0, 0.1) is 12.8 Å². The fourth-order valence-corrected chi connectivity index (χ4v) is 3.51. The van der Waals surface area contributed by atoms with E-state index in [1.807, 2.05) is 6.20 Å². The molecule has 0 saturated carbocycles. The summed E-state index contributed by atoms with van der Waals surface area (Å²) in [6.07, 6.45) is 4.03. The Kier molecular flexibility index (Phi) is 4.10. The summed E-state index contributed by atoms with van der Waals surface area (Å²) in [5.74, 6) is 1.40. The molecule has 1 aromatic rings. The highest BCUT2D eigenvalue weighted by Gasteiger charge is 2.41. The molecule has 2 fully saturated rings. The predicted octanol–water partition coefficient (Wildman–Crippen LogP) is 1.21. The number of nitrogens with zero attached hydrogens (tertiary/aromatic N) is 2. The minimum absolute atomic E-state index is 0.140. The highest BCUT2D eigenvalue weighted by molar-refractivity contribution is 5.83. The third-order valence-corrected chi connectivity index (χ3v) is 4.56. The highest BCUT2D eigenvalue weighted by Crippen LogP contribution is 2.32. The molecule has 2 N–H and O–H groups in total. The largest absolute Gasteiger partial charge is 0.354 e. The molecule has 5 heteroatoms. The summed E-state index contributed by atoms with van der Waals surface area (Å²) in [7, 11) is 0. The van der Waals surface area contributed by atoms with Crippen molar-refractivity contribution in [3.63, 3.8) is 0 Å². The standard InChI is InChI=1S/C16H24N4O/c1-3-17-8-12-7-11(2)15(18-9-12)20-6-4-5-13-14(20)10-19-16(13)21/h7,9,13-14,17H,3-6,8,10H2,1-2H3,(H,19,21). The number of anilines is 1. The normalized spacial score (nSPS) is 24.9. The van der Waals surface area contributed by atoms with Crippen molar-refractivity contribution in [2.24, 2.45) is 5.92 Å². The maximum atomic E-state index is 11.9. The van der Waals surface area contributed by atoms with Crippen LogP contribution in [-0.2, 0) is 11.3 Å². The number of nitrogens with one attached hydrogen (secondary N) is 2. The maximum Gasteiger partial charge on any atom is 0.225 e. The number of aromatic nitrogens is 1. The van der Waals surface area contributed by atoms with E-state index >= 15 is 0 Å². The van der Waals surface area contributed by atoms with Gasteiger partial charge in [-0.05, 0) is 43.5 Å². The Morgan fingerprint density at radius 2 is 2.38 bits per heavy atom. The fourth-order valence-electron chi connectivity index (χ4n) is 3.51. The van der Waals surface area contributed by atoms with Crippen molar-refractivity contribution in [1.29, 1.82) is 0 Å². The number of carbonyl (C=O) groups is 1. The number of hydrogen-bond acceptors (Lipinski definition) is 4. The summed E-state index contributed by atoms with van der Waals surface area (Å²) in [5, 5.41) is 6.33. The third-order valence-electron chi connectivity index (χ3n) is 4.56. The second-order valence-electron chi connectivity index (χ2n) is 6.02. The van der Waals surface area contributed by atoms with E-state index in [4.69, 9.17) is 0 Å². The minimum Gasteiger partial charge on any atom is -0.354 e. The van der Waals surface area contributed by atoms with Gasteiger partial charge in [-0.1, -0.05) is 6.92 Å². The fraction of sp³-hybridized carbons (Fsp3) is 0.625. The van der Waals surface area contributed by atoms with Crippen LogP contribution >= 0.6 is 0 Å². The second kappa shape index (κ2) is 6.02. The monoisotopic (exact) mass is 288 g/mol. The number of fused-ring (bicyclic) bond motifs is 1. The lowest BCUT2D eigenvalue weighted by molar-refractivity contribution is -0.123. The van der Waals surface area contributed by atoms with Crippen LogP contribution < -0.4 is 15.5 Å². The highest BCUT2D eigenvalue weighted by atomic mass is 16.2. The summed E-state index contributed by atoms with van der Waals surface area (Å²) in [4.78, 5) is 18.9. The molecule has 2 saturated heterocycles. The van der Waals surface area contributed by atoms with Crippen LogP contribution in [-0.4, -0.2) is 36.6 Å². The number of pyridine rings is 1. The van der Waals surface area contributed by atoms with Gasteiger partial charge < -0.3 is 15.5 Å². The lowest BCUT2D eigenvalue weighted by Crippen LogP contribution is -2.46. The Bertz CT molecular complexity index is 531. The first kappa shape index (κ1) is 14.3. The van der Waals surface area contributed by atoms with Crippen molar-refractivity contribution < 1.29 is 4.79 Å². The number of carbonyl (C=O) groups excluding carboxylic acids is 1. The van der Waals surface area contributed by atoms with Gasteiger partial charge >= 0.3 is 0 Å². The van der Waals surface area contributed by atoms with Crippen LogP contribution in [0.2, 0.25) is 0 Å². The van der Waals surface area contributed by atoms with E-state index in [9.17, 15) is 4.79 Å². The van der Waals surface area contributed by atoms with E-state index in [1.54, 1.807) is 0 Å². The quantitative estimate of drug-likeness (QED) is 0.874. The zero-order valence-corrected chi connectivity index (χ0v) is 12.9. The zero-order valence-electron chi connectivity index (χ0n) is 12.9. The van der Waals surface area contributed by atoms with E-state index in [1.165, 1.54) is 11.1 Å². The molecule has 0 spiro atoms. The lowest BCUT2D eigenvalue weighted by atomic mass is 9.91. The van der Waals surface area contributed by atoms with Crippen LogP contribution in [0.1, 0.15) is 30.9 Å². The summed E-state index contributed by atoms with van der Waals surface area (Å²) in [6, 6.07) is 2.48. The van der Waals surface area contributed by atoms with Crippen LogP contribution in [0.5, 0.6) is 0 Å². The van der Waals surface area contributed by atoms with Crippen molar-refractivity contribution in [3.05, 3.63) is 23.4 Å². The summed E-state index contributed by atoms with van der Waals surface area (Å²) in [5.41, 5.74) is 2.41. The number of rotatable bonds is 4. The molecule has 0 aliphatic carbocycles. The number of amides is 1. The van der Waals surface area contributed by atoms with E-state index in [0.717, 1.165) is 44.8 Å². The Balaban J connectivity index is 1.81. The zero-order chi connectivity index (χ0) is 14.8. The van der Waals surface area contributed by atoms with E-state index in [0.29, 0.717) is 0 Å². The first-order valence-electron chi connectivity index (χ1n) is 7.91. The Hall–Kier alpha value is -1.62. The van der Waals surface area contributed by atoms with Crippen LogP contribution in [0.15, 0.2) is 12.3 Å². The summed E-state index contributed by atoms with van der Waals surface area (Å²) < 4.78 is 0. The topological polar surface area (TPSA) is 57.3 Å². The molecule has 2 aliphatic heterocycles. The van der Waals surface area contributed by atoms with Crippen LogP contribution in [0.25, 0.3) is 0 Å². The molecule has 21 heavy (non-hydrogen) atoms. The van der Waals surface area contributed by atoms with Gasteiger partial charge in [0.15, 0.2) is 0 Å². The van der Waals surface area contributed by atoms with Crippen molar-refractivity contribution in [1.82, 2.24) is 15.6 Å². The van der Waals surface area contributed by atoms with Crippen molar-refractivity contribution in [3.8, 4) is 0 Å². The number of piperidine rings is 1. The van der Waals surface area contributed by atoms with E-state index < -0.39 is 0 Å². The molecule has 0 bridgehead atoms. The van der Waals surface area contributed by atoms with Crippen molar-refractivity contribution in [2.75, 3.05) is 24.5 Å². The van der Waals surface area contributed by atoms with Gasteiger partial charge in [0, 0.05) is 25.8 Å². The van der Waals surface area contributed by atoms with Crippen LogP contribution in [0.3, 0.4) is 0 Å². The Labute approximate surface area is 126 Å². The molecule has 114 valence electrons. The molecular weight excluding hydrogens is 264 g/mol. The van der Waals surface area contributed by atoms with Gasteiger partial charge in [0.1, 0.15) is 5.82 Å². The van der Waals surface area contributed by atoms with Gasteiger partial charge in [-0.25, -0.2) is 4.98 Å². The molecule has 2 atom stereocenters. The number of aryl methyl sites for hydroxylation is 1. The van der Waals surface area contributed by atoms with Crippen molar-refractivity contribution in [2.45, 2.75) is 39.3 Å². The summed E-state index contributed by atoms with van der Waals surface area (Å²) >= 11 is 0. The first-order valence-corrected chi connectivity index (χ1v) is 7.91. The maximum absolute atomic E-state index is 11.9. The summed E-state index contributed by atoms with van der Waals surface area (Å²) in [6.45, 7) is 7.79. The van der Waals surface area contributed by atoms with E-state index in [-0.39, 0.29) is 17.9 Å². The van der Waals surface area contributed by atoms with Gasteiger partial charge in [-0.2, -0.15) is 0 Å². The Morgan fingerprint density at radius 1 is 1.52 bits per heavy atom. The molecule has 3 rings (SSSR count). The second-order valence-corrected chi connectivity index (χ2v) is 6.02. The average Bonchev–Trinajstić information content (AvgIpc) is 2.87. The predicted molar refractivity (Wildman–Crippen MR) is 83.2 cm³/mol. The van der Waals surface area contributed by atoms with Gasteiger partial charge in [-0.15, -0.1) is 0 Å². The third kappa shape index (κ3) is 2.75. The molecule has 5 nitrogen and oxygen atoms in total. The lowest BCUT2D eigenvalue weighted by Gasteiger charge is -2.37.